The van der Waals surface area contributed by atoms with Crippen molar-refractivity contribution in [2.75, 3.05) is 6.61 Å². The fourth-order valence-corrected chi connectivity index (χ4v) is 1.66. The SMILES string of the molecule is CCCCCC(C#Cc1ccccc1)OCC. The van der Waals surface area contributed by atoms with Crippen LogP contribution in [0.25, 0.3) is 0 Å². The van der Waals surface area contributed by atoms with Gasteiger partial charge in [0.2, 0.25) is 0 Å². The van der Waals surface area contributed by atoms with Crippen LogP contribution < -0.4 is 0 Å². The Bertz CT molecular complexity index is 345. The molecule has 92 valence electrons. The van der Waals surface area contributed by atoms with Gasteiger partial charge in [0, 0.05) is 12.2 Å². The number of hydrogen-bond donors (Lipinski definition) is 0. The molecule has 0 fully saturated rings. The molecule has 0 bridgehead atoms. The molecule has 1 nitrogen and oxygen atoms in total. The fourth-order valence-electron chi connectivity index (χ4n) is 1.66. The number of ether oxygens (including phenoxy) is 1. The molecule has 0 spiro atoms. The molecule has 1 aromatic carbocycles. The highest BCUT2D eigenvalue weighted by Gasteiger charge is 2.03. The molecule has 1 heteroatoms. The predicted molar refractivity (Wildman–Crippen MR) is 72.9 cm³/mol. The van der Waals surface area contributed by atoms with Crippen molar-refractivity contribution in [2.45, 2.75) is 45.6 Å². The van der Waals surface area contributed by atoms with Crippen molar-refractivity contribution in [2.24, 2.45) is 0 Å². The summed E-state index contributed by atoms with van der Waals surface area (Å²) in [6.45, 7) is 4.97. The van der Waals surface area contributed by atoms with Crippen molar-refractivity contribution < 1.29 is 4.74 Å². The van der Waals surface area contributed by atoms with Gasteiger partial charge in [-0.25, -0.2) is 0 Å². The molecule has 0 amide bonds. The first kappa shape index (κ1) is 13.8. The standard InChI is InChI=1S/C16H22O/c1-3-5-7-12-16(17-4-2)14-13-15-10-8-6-9-11-15/h6,8-11,16H,3-5,7,12H2,1-2H3. The molecule has 1 atom stereocenters. The van der Waals surface area contributed by atoms with E-state index in [0.717, 1.165) is 18.6 Å². The number of unbranched alkanes of at least 4 members (excludes halogenated alkanes) is 2. The minimum atomic E-state index is 0.0896. The zero-order valence-corrected chi connectivity index (χ0v) is 10.9. The smallest absolute Gasteiger partial charge is 0.118 e. The maximum atomic E-state index is 5.64. The van der Waals surface area contributed by atoms with Gasteiger partial charge in [0.1, 0.15) is 6.10 Å². The first-order valence-corrected chi connectivity index (χ1v) is 6.55. The van der Waals surface area contributed by atoms with Gasteiger partial charge in [-0.1, -0.05) is 49.8 Å². The lowest BCUT2D eigenvalue weighted by Crippen LogP contribution is -2.10. The first-order valence-electron chi connectivity index (χ1n) is 6.55. The average Bonchev–Trinajstić information content (AvgIpc) is 2.37. The third-order valence-electron chi connectivity index (χ3n) is 2.59. The highest BCUT2D eigenvalue weighted by Crippen LogP contribution is 2.06. The van der Waals surface area contributed by atoms with E-state index in [-0.39, 0.29) is 6.10 Å². The number of rotatable bonds is 6. The molecule has 0 aliphatic rings. The molecule has 1 unspecified atom stereocenters. The summed E-state index contributed by atoms with van der Waals surface area (Å²) in [6, 6.07) is 10.1. The summed E-state index contributed by atoms with van der Waals surface area (Å²) < 4.78 is 5.64. The van der Waals surface area contributed by atoms with E-state index < -0.39 is 0 Å². The molecular weight excluding hydrogens is 208 g/mol. The van der Waals surface area contributed by atoms with Crippen LogP contribution in [-0.4, -0.2) is 12.7 Å². The lowest BCUT2D eigenvalue weighted by Gasteiger charge is -2.09. The molecule has 1 aromatic rings. The Morgan fingerprint density at radius 1 is 1.12 bits per heavy atom. The summed E-state index contributed by atoms with van der Waals surface area (Å²) in [5, 5.41) is 0. The Balaban J connectivity index is 2.51. The quantitative estimate of drug-likeness (QED) is 0.529. The number of hydrogen-bond acceptors (Lipinski definition) is 1. The van der Waals surface area contributed by atoms with E-state index in [4.69, 9.17) is 4.74 Å². The van der Waals surface area contributed by atoms with E-state index in [1.165, 1.54) is 19.3 Å². The normalized spacial score (nSPS) is 11.6. The highest BCUT2D eigenvalue weighted by molar-refractivity contribution is 5.34. The van der Waals surface area contributed by atoms with Crippen LogP contribution >= 0.6 is 0 Å². The summed E-state index contributed by atoms with van der Waals surface area (Å²) in [4.78, 5) is 0. The Labute approximate surface area is 105 Å². The minimum absolute atomic E-state index is 0.0896. The van der Waals surface area contributed by atoms with Gasteiger partial charge < -0.3 is 4.74 Å². The molecule has 0 aliphatic carbocycles. The summed E-state index contributed by atoms with van der Waals surface area (Å²) in [5.74, 6) is 6.41. The molecule has 0 aromatic heterocycles. The van der Waals surface area contributed by atoms with E-state index in [0.29, 0.717) is 0 Å². The van der Waals surface area contributed by atoms with E-state index in [1.807, 2.05) is 37.3 Å². The van der Waals surface area contributed by atoms with Crippen LogP contribution in [0.2, 0.25) is 0 Å². The maximum absolute atomic E-state index is 5.64. The fraction of sp³-hybridized carbons (Fsp3) is 0.500. The van der Waals surface area contributed by atoms with Crippen LogP contribution in [0.4, 0.5) is 0 Å². The lowest BCUT2D eigenvalue weighted by atomic mass is 10.1. The summed E-state index contributed by atoms with van der Waals surface area (Å²) in [7, 11) is 0. The van der Waals surface area contributed by atoms with Gasteiger partial charge in [-0.3, -0.25) is 0 Å². The summed E-state index contributed by atoms with van der Waals surface area (Å²) >= 11 is 0. The van der Waals surface area contributed by atoms with Crippen molar-refractivity contribution in [1.82, 2.24) is 0 Å². The third kappa shape index (κ3) is 6.14. The van der Waals surface area contributed by atoms with E-state index in [1.54, 1.807) is 0 Å². The van der Waals surface area contributed by atoms with Gasteiger partial charge >= 0.3 is 0 Å². The van der Waals surface area contributed by atoms with Crippen LogP contribution in [0.3, 0.4) is 0 Å². The molecule has 0 radical (unpaired) electrons. The molecule has 0 aliphatic heterocycles. The Kier molecular flexibility index (Phi) is 7.18. The summed E-state index contributed by atoms with van der Waals surface area (Å²) in [6.07, 6.45) is 4.83. The first-order chi connectivity index (χ1) is 8.36. The highest BCUT2D eigenvalue weighted by atomic mass is 16.5. The van der Waals surface area contributed by atoms with Gasteiger partial charge in [0.25, 0.3) is 0 Å². The van der Waals surface area contributed by atoms with E-state index in [9.17, 15) is 0 Å². The van der Waals surface area contributed by atoms with Gasteiger partial charge in [-0.05, 0) is 31.9 Å². The van der Waals surface area contributed by atoms with Crippen molar-refractivity contribution in [3.63, 3.8) is 0 Å². The van der Waals surface area contributed by atoms with Crippen molar-refractivity contribution >= 4 is 0 Å². The zero-order chi connectivity index (χ0) is 12.3. The van der Waals surface area contributed by atoms with Gasteiger partial charge in [0.15, 0.2) is 0 Å². The molecule has 17 heavy (non-hydrogen) atoms. The Morgan fingerprint density at radius 2 is 1.88 bits per heavy atom. The largest absolute Gasteiger partial charge is 0.366 e. The van der Waals surface area contributed by atoms with Crippen LogP contribution in [0, 0.1) is 11.8 Å². The molecule has 0 N–H and O–H groups in total. The van der Waals surface area contributed by atoms with Crippen molar-refractivity contribution in [3.05, 3.63) is 35.9 Å². The van der Waals surface area contributed by atoms with Gasteiger partial charge in [-0.15, -0.1) is 0 Å². The third-order valence-corrected chi connectivity index (χ3v) is 2.59. The second-order valence-corrected chi connectivity index (χ2v) is 4.08. The Hall–Kier alpha value is -1.26. The second kappa shape index (κ2) is 8.84. The van der Waals surface area contributed by atoms with Gasteiger partial charge in [0.05, 0.1) is 0 Å². The predicted octanol–water partition coefficient (Wildman–Crippen LogP) is 4.02. The van der Waals surface area contributed by atoms with Crippen LogP contribution in [-0.2, 0) is 4.74 Å². The molecule has 1 rings (SSSR count). The van der Waals surface area contributed by atoms with Crippen molar-refractivity contribution in [3.8, 4) is 11.8 Å². The summed E-state index contributed by atoms with van der Waals surface area (Å²) in [5.41, 5.74) is 1.06. The van der Waals surface area contributed by atoms with E-state index >= 15 is 0 Å². The topological polar surface area (TPSA) is 9.23 Å². The molecule has 0 saturated carbocycles. The molecule has 0 heterocycles. The average molecular weight is 230 g/mol. The monoisotopic (exact) mass is 230 g/mol. The minimum Gasteiger partial charge on any atom is -0.366 e. The lowest BCUT2D eigenvalue weighted by molar-refractivity contribution is 0.0949. The zero-order valence-electron chi connectivity index (χ0n) is 10.9. The van der Waals surface area contributed by atoms with Crippen LogP contribution in [0.1, 0.15) is 45.1 Å². The maximum Gasteiger partial charge on any atom is 0.118 e. The van der Waals surface area contributed by atoms with Crippen molar-refractivity contribution in [1.29, 1.82) is 0 Å². The molecular formula is C16H22O. The van der Waals surface area contributed by atoms with E-state index in [2.05, 4.69) is 18.8 Å². The number of benzene rings is 1. The van der Waals surface area contributed by atoms with Crippen LogP contribution in [0.5, 0.6) is 0 Å². The molecule has 0 saturated heterocycles. The Morgan fingerprint density at radius 3 is 2.53 bits per heavy atom. The second-order valence-electron chi connectivity index (χ2n) is 4.08. The van der Waals surface area contributed by atoms with Crippen LogP contribution in [0.15, 0.2) is 30.3 Å². The van der Waals surface area contributed by atoms with Gasteiger partial charge in [-0.2, -0.15) is 0 Å².